The number of imidazole rings is 1. The van der Waals surface area contributed by atoms with Crippen molar-refractivity contribution < 1.29 is 4.92 Å². The van der Waals surface area contributed by atoms with Crippen molar-refractivity contribution in [1.82, 2.24) is 14.9 Å². The average molecular weight is 442 g/mol. The highest BCUT2D eigenvalue weighted by Gasteiger charge is 2.17. The standard InChI is InChI=1S/C26H27N5O2/c32-31(33)23-9-6-20(7-10-23)19-26-27-24-11-8-21(18-25(24)28-26)12-13-29-14-16-30(17-15-29)22-4-2-1-3-5-22/h1-11,18H,12-17,19H2,(H,27,28). The number of nitro benzene ring substituents is 1. The van der Waals surface area contributed by atoms with Crippen molar-refractivity contribution in [3.05, 3.63) is 99.9 Å². The third-order valence-corrected chi connectivity index (χ3v) is 6.32. The van der Waals surface area contributed by atoms with Gasteiger partial charge in [0.1, 0.15) is 5.82 Å². The molecule has 0 spiro atoms. The molecule has 1 N–H and O–H groups in total. The number of benzene rings is 3. The molecule has 1 saturated heterocycles. The van der Waals surface area contributed by atoms with Gasteiger partial charge in [0, 0.05) is 57.0 Å². The van der Waals surface area contributed by atoms with Gasteiger partial charge in [-0.3, -0.25) is 15.0 Å². The van der Waals surface area contributed by atoms with Gasteiger partial charge >= 0.3 is 0 Å². The summed E-state index contributed by atoms with van der Waals surface area (Å²) in [6.07, 6.45) is 1.63. The number of fused-ring (bicyclic) bond motifs is 1. The second kappa shape index (κ2) is 9.42. The van der Waals surface area contributed by atoms with Gasteiger partial charge in [-0.05, 0) is 41.8 Å². The Balaban J connectivity index is 1.17. The summed E-state index contributed by atoms with van der Waals surface area (Å²) in [4.78, 5) is 23.6. The number of nitrogens with one attached hydrogen (secondary N) is 1. The molecule has 0 saturated carbocycles. The largest absolute Gasteiger partial charge is 0.369 e. The zero-order valence-electron chi connectivity index (χ0n) is 18.5. The summed E-state index contributed by atoms with van der Waals surface area (Å²) < 4.78 is 0. The van der Waals surface area contributed by atoms with Crippen LogP contribution in [-0.2, 0) is 12.8 Å². The summed E-state index contributed by atoms with van der Waals surface area (Å²) in [5, 5.41) is 10.8. The van der Waals surface area contributed by atoms with Crippen molar-refractivity contribution in [3.63, 3.8) is 0 Å². The molecule has 0 aliphatic carbocycles. The van der Waals surface area contributed by atoms with E-state index < -0.39 is 0 Å². The predicted octanol–water partition coefficient (Wildman–Crippen LogP) is 4.43. The molecule has 1 aliphatic heterocycles. The van der Waals surface area contributed by atoms with Crippen LogP contribution in [0.4, 0.5) is 11.4 Å². The average Bonchev–Trinajstić information content (AvgIpc) is 3.25. The summed E-state index contributed by atoms with van der Waals surface area (Å²) in [7, 11) is 0. The summed E-state index contributed by atoms with van der Waals surface area (Å²) in [5.74, 6) is 0.869. The summed E-state index contributed by atoms with van der Waals surface area (Å²) in [6, 6.07) is 23.7. The monoisotopic (exact) mass is 441 g/mol. The van der Waals surface area contributed by atoms with Crippen LogP contribution in [0.15, 0.2) is 72.8 Å². The quantitative estimate of drug-likeness (QED) is 0.339. The molecule has 4 aromatic rings. The molecule has 168 valence electrons. The molecule has 7 heteroatoms. The lowest BCUT2D eigenvalue weighted by Crippen LogP contribution is -2.46. The smallest absolute Gasteiger partial charge is 0.269 e. The van der Waals surface area contributed by atoms with Crippen LogP contribution < -0.4 is 4.90 Å². The van der Waals surface area contributed by atoms with Crippen LogP contribution in [0.2, 0.25) is 0 Å². The van der Waals surface area contributed by atoms with E-state index >= 15 is 0 Å². The summed E-state index contributed by atoms with van der Waals surface area (Å²) in [5.41, 5.74) is 5.71. The molecule has 0 unspecified atom stereocenters. The van der Waals surface area contributed by atoms with Gasteiger partial charge in [0.15, 0.2) is 0 Å². The van der Waals surface area contributed by atoms with Crippen molar-refractivity contribution in [3.8, 4) is 0 Å². The minimum Gasteiger partial charge on any atom is -0.369 e. The zero-order valence-corrected chi connectivity index (χ0v) is 18.5. The van der Waals surface area contributed by atoms with Crippen LogP contribution in [0.25, 0.3) is 11.0 Å². The van der Waals surface area contributed by atoms with E-state index in [1.807, 2.05) is 0 Å². The van der Waals surface area contributed by atoms with Crippen molar-refractivity contribution in [2.24, 2.45) is 0 Å². The Hall–Kier alpha value is -3.71. The van der Waals surface area contributed by atoms with Crippen LogP contribution in [0.3, 0.4) is 0 Å². The highest BCUT2D eigenvalue weighted by molar-refractivity contribution is 5.76. The lowest BCUT2D eigenvalue weighted by molar-refractivity contribution is -0.384. The third kappa shape index (κ3) is 5.04. The Morgan fingerprint density at radius 3 is 2.36 bits per heavy atom. The van der Waals surface area contributed by atoms with E-state index in [9.17, 15) is 10.1 Å². The van der Waals surface area contributed by atoms with Crippen molar-refractivity contribution in [1.29, 1.82) is 0 Å². The number of nitrogens with zero attached hydrogens (tertiary/aromatic N) is 4. The number of H-pyrrole nitrogens is 1. The molecule has 1 fully saturated rings. The third-order valence-electron chi connectivity index (χ3n) is 6.32. The van der Waals surface area contributed by atoms with E-state index in [4.69, 9.17) is 0 Å². The van der Waals surface area contributed by atoms with Crippen LogP contribution in [0.1, 0.15) is 17.0 Å². The lowest BCUT2D eigenvalue weighted by Gasteiger charge is -2.36. The molecule has 0 radical (unpaired) electrons. The van der Waals surface area contributed by atoms with E-state index in [2.05, 4.69) is 68.3 Å². The van der Waals surface area contributed by atoms with Gasteiger partial charge in [0.25, 0.3) is 5.69 Å². The Morgan fingerprint density at radius 2 is 1.64 bits per heavy atom. The SMILES string of the molecule is O=[N+]([O-])c1ccc(Cc2nc3ccc(CCN4CCN(c5ccccc5)CC4)cc3[nH]2)cc1. The molecule has 1 aromatic heterocycles. The van der Waals surface area contributed by atoms with Crippen molar-refractivity contribution in [2.75, 3.05) is 37.6 Å². The molecule has 33 heavy (non-hydrogen) atoms. The second-order valence-corrected chi connectivity index (χ2v) is 8.55. The fourth-order valence-electron chi connectivity index (χ4n) is 4.43. The first-order chi connectivity index (χ1) is 16.1. The number of aromatic amines is 1. The van der Waals surface area contributed by atoms with Gasteiger partial charge in [-0.1, -0.05) is 36.4 Å². The van der Waals surface area contributed by atoms with Crippen LogP contribution >= 0.6 is 0 Å². The molecule has 2 heterocycles. The lowest BCUT2D eigenvalue weighted by atomic mass is 10.1. The topological polar surface area (TPSA) is 78.3 Å². The number of rotatable bonds is 7. The first kappa shape index (κ1) is 21.2. The fraction of sp³-hybridized carbons (Fsp3) is 0.269. The number of hydrogen-bond acceptors (Lipinski definition) is 5. The number of anilines is 1. The first-order valence-corrected chi connectivity index (χ1v) is 11.4. The maximum Gasteiger partial charge on any atom is 0.269 e. The first-order valence-electron chi connectivity index (χ1n) is 11.4. The molecule has 5 rings (SSSR count). The number of piperazine rings is 1. The van der Waals surface area contributed by atoms with Gasteiger partial charge in [0.2, 0.25) is 0 Å². The Morgan fingerprint density at radius 1 is 0.909 bits per heavy atom. The molecular weight excluding hydrogens is 414 g/mol. The van der Waals surface area contributed by atoms with Crippen LogP contribution in [-0.4, -0.2) is 52.5 Å². The number of nitro groups is 1. The number of aromatic nitrogens is 2. The molecule has 0 bridgehead atoms. The zero-order chi connectivity index (χ0) is 22.6. The fourth-order valence-corrected chi connectivity index (χ4v) is 4.43. The van der Waals surface area contributed by atoms with Crippen LogP contribution in [0, 0.1) is 10.1 Å². The highest BCUT2D eigenvalue weighted by Crippen LogP contribution is 2.19. The Kier molecular flexibility index (Phi) is 6.04. The van der Waals surface area contributed by atoms with Gasteiger partial charge in [-0.15, -0.1) is 0 Å². The van der Waals surface area contributed by atoms with E-state index in [-0.39, 0.29) is 10.6 Å². The van der Waals surface area contributed by atoms with E-state index in [1.54, 1.807) is 12.1 Å². The molecule has 0 atom stereocenters. The van der Waals surface area contributed by atoms with E-state index in [0.717, 1.165) is 61.6 Å². The van der Waals surface area contributed by atoms with Gasteiger partial charge < -0.3 is 9.88 Å². The minimum absolute atomic E-state index is 0.106. The molecule has 0 amide bonds. The van der Waals surface area contributed by atoms with Gasteiger partial charge in [0.05, 0.1) is 16.0 Å². The molecular formula is C26H27N5O2. The number of para-hydroxylation sites is 1. The van der Waals surface area contributed by atoms with E-state index in [0.29, 0.717) is 6.42 Å². The molecule has 3 aromatic carbocycles. The normalized spacial score (nSPS) is 14.6. The van der Waals surface area contributed by atoms with Crippen molar-refractivity contribution >= 4 is 22.4 Å². The maximum absolute atomic E-state index is 10.8. The van der Waals surface area contributed by atoms with Gasteiger partial charge in [-0.25, -0.2) is 4.98 Å². The minimum atomic E-state index is -0.379. The Bertz CT molecular complexity index is 1230. The van der Waals surface area contributed by atoms with Crippen molar-refractivity contribution in [2.45, 2.75) is 12.8 Å². The maximum atomic E-state index is 10.8. The highest BCUT2D eigenvalue weighted by atomic mass is 16.6. The number of non-ortho nitro benzene ring substituents is 1. The van der Waals surface area contributed by atoms with Gasteiger partial charge in [-0.2, -0.15) is 0 Å². The van der Waals surface area contributed by atoms with Crippen LogP contribution in [0.5, 0.6) is 0 Å². The molecule has 1 aliphatic rings. The predicted molar refractivity (Wildman–Crippen MR) is 131 cm³/mol. The van der Waals surface area contributed by atoms with E-state index in [1.165, 1.54) is 23.4 Å². The summed E-state index contributed by atoms with van der Waals surface area (Å²) in [6.45, 7) is 5.35. The summed E-state index contributed by atoms with van der Waals surface area (Å²) >= 11 is 0. The molecule has 7 nitrogen and oxygen atoms in total. The number of hydrogen-bond donors (Lipinski definition) is 1. The second-order valence-electron chi connectivity index (χ2n) is 8.55. The Labute approximate surface area is 192 Å².